The smallest absolute Gasteiger partial charge is 0.386 e. The fraction of sp³-hybridized carbons (Fsp3) is 1.00. The molecule has 0 aliphatic heterocycles. The van der Waals surface area contributed by atoms with Crippen molar-refractivity contribution in [3.05, 3.63) is 0 Å². The summed E-state index contributed by atoms with van der Waals surface area (Å²) in [5, 5.41) is 0. The normalized spacial score (nSPS) is 10.9. The fourth-order valence-corrected chi connectivity index (χ4v) is 2.05. The summed E-state index contributed by atoms with van der Waals surface area (Å²) in [4.78, 5) is 0. The maximum atomic E-state index is 5.65. The van der Waals surface area contributed by atoms with Crippen molar-refractivity contribution >= 4 is 7.32 Å². The third-order valence-electron chi connectivity index (χ3n) is 3.31. The van der Waals surface area contributed by atoms with Crippen molar-refractivity contribution in [2.24, 2.45) is 0 Å². The van der Waals surface area contributed by atoms with Crippen LogP contribution in [0.15, 0.2) is 0 Å². The van der Waals surface area contributed by atoms with Crippen molar-refractivity contribution in [3.8, 4) is 0 Å². The molecule has 0 heterocycles. The maximum absolute atomic E-state index is 5.65. The van der Waals surface area contributed by atoms with Crippen molar-refractivity contribution in [2.75, 3.05) is 19.8 Å². The lowest BCUT2D eigenvalue weighted by molar-refractivity contribution is 0.0942. The first-order chi connectivity index (χ1) is 9.85. The van der Waals surface area contributed by atoms with Crippen LogP contribution in [0.2, 0.25) is 0 Å². The molecule has 20 heavy (non-hydrogen) atoms. The average Bonchev–Trinajstić information content (AvgIpc) is 2.46. The van der Waals surface area contributed by atoms with E-state index >= 15 is 0 Å². The number of unbranched alkanes of at least 4 members (excludes halogenated alkanes) is 8. The van der Waals surface area contributed by atoms with Gasteiger partial charge in [-0.05, 0) is 19.8 Å². The Morgan fingerprint density at radius 2 is 1.00 bits per heavy atom. The zero-order valence-corrected chi connectivity index (χ0v) is 14.0. The molecule has 0 fully saturated rings. The molecule has 0 N–H and O–H groups in total. The second-order valence-corrected chi connectivity index (χ2v) is 5.31. The lowest BCUT2D eigenvalue weighted by Gasteiger charge is -2.13. The van der Waals surface area contributed by atoms with Gasteiger partial charge in [-0.15, -0.1) is 0 Å². The minimum atomic E-state index is -0.461. The van der Waals surface area contributed by atoms with Gasteiger partial charge in [-0.2, -0.15) is 0 Å². The highest BCUT2D eigenvalue weighted by molar-refractivity contribution is 6.36. The van der Waals surface area contributed by atoms with Crippen LogP contribution in [-0.4, -0.2) is 27.1 Å². The molecule has 0 aliphatic rings. The highest BCUT2D eigenvalue weighted by Crippen LogP contribution is 2.05. The molecule has 120 valence electrons. The van der Waals surface area contributed by atoms with Gasteiger partial charge in [0.1, 0.15) is 0 Å². The first kappa shape index (κ1) is 19.9. The molecular formula is C16H35BO3. The monoisotopic (exact) mass is 286 g/mol. The van der Waals surface area contributed by atoms with E-state index in [1.807, 2.05) is 6.92 Å². The largest absolute Gasteiger partial charge is 0.639 e. The molecule has 0 amide bonds. The summed E-state index contributed by atoms with van der Waals surface area (Å²) in [7, 11) is -0.461. The number of hydrogen-bond acceptors (Lipinski definition) is 3. The minimum Gasteiger partial charge on any atom is -0.386 e. The van der Waals surface area contributed by atoms with Crippen molar-refractivity contribution < 1.29 is 14.0 Å². The quantitative estimate of drug-likeness (QED) is 0.296. The molecule has 0 aromatic carbocycles. The molecule has 0 aliphatic carbocycles. The Morgan fingerprint density at radius 1 is 0.550 bits per heavy atom. The van der Waals surface area contributed by atoms with Crippen LogP contribution < -0.4 is 0 Å². The Labute approximate surface area is 126 Å². The van der Waals surface area contributed by atoms with Crippen LogP contribution >= 0.6 is 0 Å². The van der Waals surface area contributed by atoms with E-state index in [1.54, 1.807) is 0 Å². The van der Waals surface area contributed by atoms with Gasteiger partial charge < -0.3 is 14.0 Å². The summed E-state index contributed by atoms with van der Waals surface area (Å²) >= 11 is 0. The zero-order chi connectivity index (χ0) is 14.9. The Balaban J connectivity index is 3.45. The molecule has 0 aromatic rings. The second kappa shape index (κ2) is 17.0. The van der Waals surface area contributed by atoms with Gasteiger partial charge in [-0.1, -0.05) is 65.2 Å². The van der Waals surface area contributed by atoms with Gasteiger partial charge in [0.05, 0.1) is 0 Å². The Bertz CT molecular complexity index is 163. The summed E-state index contributed by atoms with van der Waals surface area (Å²) in [5.41, 5.74) is 0. The Kier molecular flexibility index (Phi) is 17.0. The van der Waals surface area contributed by atoms with Gasteiger partial charge in [0.15, 0.2) is 0 Å². The van der Waals surface area contributed by atoms with Crippen molar-refractivity contribution in [2.45, 2.75) is 85.0 Å². The summed E-state index contributed by atoms with van der Waals surface area (Å²) in [5.74, 6) is 0. The van der Waals surface area contributed by atoms with Crippen LogP contribution in [0.4, 0.5) is 0 Å². The highest BCUT2D eigenvalue weighted by Gasteiger charge is 2.19. The molecule has 0 atom stereocenters. The van der Waals surface area contributed by atoms with Crippen molar-refractivity contribution in [1.82, 2.24) is 0 Å². The first-order valence-corrected chi connectivity index (χ1v) is 8.69. The number of rotatable bonds is 16. The second-order valence-electron chi connectivity index (χ2n) is 5.31. The van der Waals surface area contributed by atoms with Gasteiger partial charge in [-0.25, -0.2) is 0 Å². The van der Waals surface area contributed by atoms with Crippen LogP contribution in [0.1, 0.15) is 85.0 Å². The van der Waals surface area contributed by atoms with Gasteiger partial charge in [0.25, 0.3) is 0 Å². The molecule has 0 unspecified atom stereocenters. The van der Waals surface area contributed by atoms with Gasteiger partial charge in [-0.3, -0.25) is 0 Å². The van der Waals surface area contributed by atoms with Crippen LogP contribution in [0.25, 0.3) is 0 Å². The van der Waals surface area contributed by atoms with Crippen LogP contribution in [-0.2, 0) is 14.0 Å². The van der Waals surface area contributed by atoms with Crippen LogP contribution in [0, 0.1) is 0 Å². The first-order valence-electron chi connectivity index (χ1n) is 8.69. The molecule has 0 saturated heterocycles. The third kappa shape index (κ3) is 14.4. The summed E-state index contributed by atoms with van der Waals surface area (Å²) in [6.45, 7) is 8.55. The fourth-order valence-electron chi connectivity index (χ4n) is 2.05. The summed E-state index contributed by atoms with van der Waals surface area (Å²) in [6, 6.07) is 0. The molecule has 3 nitrogen and oxygen atoms in total. The van der Waals surface area contributed by atoms with Gasteiger partial charge >= 0.3 is 7.32 Å². The van der Waals surface area contributed by atoms with E-state index in [-0.39, 0.29) is 0 Å². The van der Waals surface area contributed by atoms with E-state index in [0.29, 0.717) is 6.61 Å². The minimum absolute atomic E-state index is 0.461. The van der Waals surface area contributed by atoms with Gasteiger partial charge in [0.2, 0.25) is 0 Å². The van der Waals surface area contributed by atoms with E-state index in [1.165, 1.54) is 51.4 Å². The molecule has 0 bridgehead atoms. The lowest BCUT2D eigenvalue weighted by Crippen LogP contribution is -2.28. The highest BCUT2D eigenvalue weighted by atomic mass is 16.7. The van der Waals surface area contributed by atoms with E-state index < -0.39 is 7.32 Å². The molecular weight excluding hydrogens is 251 g/mol. The topological polar surface area (TPSA) is 27.7 Å². The molecule has 0 spiro atoms. The molecule has 4 heteroatoms. The van der Waals surface area contributed by atoms with Crippen LogP contribution in [0.3, 0.4) is 0 Å². The predicted molar refractivity (Wildman–Crippen MR) is 86.8 cm³/mol. The van der Waals surface area contributed by atoms with Gasteiger partial charge in [0, 0.05) is 19.8 Å². The summed E-state index contributed by atoms with van der Waals surface area (Å²) in [6.07, 6.45) is 12.5. The lowest BCUT2D eigenvalue weighted by atomic mass is 10.1. The van der Waals surface area contributed by atoms with Crippen LogP contribution in [0.5, 0.6) is 0 Å². The van der Waals surface area contributed by atoms with Crippen molar-refractivity contribution in [1.29, 1.82) is 0 Å². The Morgan fingerprint density at radius 3 is 1.40 bits per heavy atom. The van der Waals surface area contributed by atoms with E-state index in [0.717, 1.165) is 26.1 Å². The standard InChI is InChI=1S/C16H35BO3/c1-4-7-9-11-13-15-19-17(18-6-3)20-16-14-12-10-8-5-2/h4-16H2,1-3H3. The molecule has 0 radical (unpaired) electrons. The predicted octanol–water partition coefficient (Wildman–Crippen LogP) is 4.98. The van der Waals surface area contributed by atoms with E-state index in [4.69, 9.17) is 14.0 Å². The average molecular weight is 286 g/mol. The third-order valence-corrected chi connectivity index (χ3v) is 3.31. The zero-order valence-electron chi connectivity index (χ0n) is 14.0. The van der Waals surface area contributed by atoms with E-state index in [2.05, 4.69) is 13.8 Å². The van der Waals surface area contributed by atoms with Crippen molar-refractivity contribution in [3.63, 3.8) is 0 Å². The molecule has 0 rings (SSSR count). The SMILES string of the molecule is CCCCCCCOB(OCC)OCCCCCCC. The molecule has 0 saturated carbocycles. The molecule has 0 aromatic heterocycles. The number of hydrogen-bond donors (Lipinski definition) is 0. The van der Waals surface area contributed by atoms with E-state index in [9.17, 15) is 0 Å². The Hall–Kier alpha value is -0.0551. The summed E-state index contributed by atoms with van der Waals surface area (Å²) < 4.78 is 16.7. The maximum Gasteiger partial charge on any atom is 0.639 e.